The molecule has 3 heterocycles. The van der Waals surface area contributed by atoms with Crippen molar-refractivity contribution in [2.75, 3.05) is 11.5 Å². The first-order valence-electron chi connectivity index (χ1n) is 8.66. The van der Waals surface area contributed by atoms with Gasteiger partial charge in [-0.2, -0.15) is 0 Å². The normalized spacial score (nSPS) is 19.2. The van der Waals surface area contributed by atoms with Crippen LogP contribution in [0, 0.1) is 0 Å². The Morgan fingerprint density at radius 2 is 2.00 bits per heavy atom. The zero-order valence-electron chi connectivity index (χ0n) is 14.6. The van der Waals surface area contributed by atoms with Gasteiger partial charge in [0.1, 0.15) is 5.75 Å². The summed E-state index contributed by atoms with van der Waals surface area (Å²) in [7, 11) is 0. The fourth-order valence-corrected chi connectivity index (χ4v) is 5.18. The van der Waals surface area contributed by atoms with Crippen molar-refractivity contribution in [3.05, 3.63) is 75.2 Å². The number of pyridine rings is 1. The molecule has 0 aliphatic carbocycles. The quantitative estimate of drug-likeness (QED) is 0.511. The van der Waals surface area contributed by atoms with Crippen LogP contribution in [0.2, 0.25) is 0 Å². The van der Waals surface area contributed by atoms with Crippen LogP contribution < -0.4 is 15.0 Å². The Labute approximate surface area is 176 Å². The van der Waals surface area contributed by atoms with Crippen molar-refractivity contribution in [1.82, 2.24) is 10.3 Å². The van der Waals surface area contributed by atoms with Gasteiger partial charge in [-0.3, -0.25) is 4.98 Å². The minimum Gasteiger partial charge on any atom is -0.494 e. The number of hydrogen-bond donors (Lipinski definition) is 1. The number of thiophene rings is 1. The van der Waals surface area contributed by atoms with Gasteiger partial charge in [-0.05, 0) is 83.6 Å². The number of rotatable bonds is 5. The molecule has 1 saturated heterocycles. The van der Waals surface area contributed by atoms with Crippen LogP contribution in [0.1, 0.15) is 29.6 Å². The lowest BCUT2D eigenvalue weighted by molar-refractivity contribution is 0.340. The maximum absolute atomic E-state index is 5.72. The Bertz CT molecular complexity index is 930. The van der Waals surface area contributed by atoms with Crippen molar-refractivity contribution >= 4 is 50.3 Å². The fraction of sp³-hybridized carbons (Fsp3) is 0.200. The van der Waals surface area contributed by atoms with Crippen molar-refractivity contribution in [3.63, 3.8) is 0 Å². The van der Waals surface area contributed by atoms with Crippen LogP contribution >= 0.6 is 39.5 Å². The maximum Gasteiger partial charge on any atom is 0.174 e. The van der Waals surface area contributed by atoms with Gasteiger partial charge < -0.3 is 15.0 Å². The van der Waals surface area contributed by atoms with Crippen LogP contribution in [0.4, 0.5) is 5.69 Å². The van der Waals surface area contributed by atoms with Gasteiger partial charge in [-0.1, -0.05) is 6.07 Å². The Hall–Kier alpha value is -1.96. The lowest BCUT2D eigenvalue weighted by Gasteiger charge is -2.27. The largest absolute Gasteiger partial charge is 0.494 e. The van der Waals surface area contributed by atoms with Crippen LogP contribution in [-0.2, 0) is 0 Å². The average Bonchev–Trinajstić information content (AvgIpc) is 3.26. The maximum atomic E-state index is 5.72. The Morgan fingerprint density at radius 1 is 1.19 bits per heavy atom. The van der Waals surface area contributed by atoms with Gasteiger partial charge in [0, 0.05) is 16.8 Å². The number of nitrogens with zero attached hydrogens (tertiary/aromatic N) is 2. The second-order valence-electron chi connectivity index (χ2n) is 6.07. The second-order valence-corrected chi connectivity index (χ2v) is 8.95. The van der Waals surface area contributed by atoms with Gasteiger partial charge in [-0.15, -0.1) is 11.3 Å². The van der Waals surface area contributed by atoms with Crippen molar-refractivity contribution in [1.29, 1.82) is 0 Å². The number of benzene rings is 1. The minimum absolute atomic E-state index is 0.0178. The first kappa shape index (κ1) is 18.4. The zero-order chi connectivity index (χ0) is 18.8. The molecule has 3 aromatic rings. The number of hydrogen-bond acceptors (Lipinski definition) is 4. The summed E-state index contributed by atoms with van der Waals surface area (Å²) >= 11 is 11.0. The van der Waals surface area contributed by atoms with Gasteiger partial charge in [0.2, 0.25) is 0 Å². The number of halogens is 1. The molecule has 0 radical (unpaired) electrons. The van der Waals surface area contributed by atoms with Gasteiger partial charge in [0.05, 0.1) is 28.2 Å². The van der Waals surface area contributed by atoms with E-state index in [-0.39, 0.29) is 12.1 Å². The van der Waals surface area contributed by atoms with Gasteiger partial charge in [0.25, 0.3) is 0 Å². The monoisotopic (exact) mass is 459 g/mol. The highest BCUT2D eigenvalue weighted by atomic mass is 79.9. The molecule has 1 fully saturated rings. The molecule has 0 amide bonds. The molecule has 0 unspecified atom stereocenters. The van der Waals surface area contributed by atoms with Crippen molar-refractivity contribution < 1.29 is 4.74 Å². The summed E-state index contributed by atoms with van der Waals surface area (Å²) in [4.78, 5) is 7.96. The van der Waals surface area contributed by atoms with Gasteiger partial charge >= 0.3 is 0 Å². The lowest BCUT2D eigenvalue weighted by atomic mass is 10.0. The van der Waals surface area contributed by atoms with E-state index in [1.54, 1.807) is 11.3 Å². The number of thiocarbonyl (C=S) groups is 1. The molecule has 2 aromatic heterocycles. The highest BCUT2D eigenvalue weighted by molar-refractivity contribution is 9.11. The number of anilines is 1. The predicted molar refractivity (Wildman–Crippen MR) is 118 cm³/mol. The molecule has 1 aromatic carbocycles. The molecular formula is C20H18BrN3OS2. The fourth-order valence-electron chi connectivity index (χ4n) is 3.28. The second kappa shape index (κ2) is 7.96. The highest BCUT2D eigenvalue weighted by Gasteiger charge is 2.41. The summed E-state index contributed by atoms with van der Waals surface area (Å²) in [5, 5.41) is 4.17. The van der Waals surface area contributed by atoms with E-state index in [4.69, 9.17) is 17.0 Å². The third-order valence-electron chi connectivity index (χ3n) is 4.41. The standard InChI is InChI=1S/C20H18BrN3OS2/c1-2-25-14-8-6-13(7-9-14)24-19(16-10-11-17(21)27-16)18(23-20(24)26)15-5-3-4-12-22-15/h3-12,18-19H,2H2,1H3,(H,23,26)/t18-,19+/m1/s1. The molecule has 4 nitrogen and oxygen atoms in total. The molecule has 0 saturated carbocycles. The molecule has 138 valence electrons. The van der Waals surface area contributed by atoms with E-state index in [1.807, 2.05) is 43.5 Å². The van der Waals surface area contributed by atoms with E-state index in [0.717, 1.165) is 20.9 Å². The first-order valence-corrected chi connectivity index (χ1v) is 10.7. The number of aromatic nitrogens is 1. The molecule has 4 rings (SSSR count). The Kier molecular flexibility index (Phi) is 5.43. The third kappa shape index (κ3) is 3.72. The summed E-state index contributed by atoms with van der Waals surface area (Å²) in [5.41, 5.74) is 2.01. The van der Waals surface area contributed by atoms with Gasteiger partial charge in [-0.25, -0.2) is 0 Å². The highest BCUT2D eigenvalue weighted by Crippen LogP contribution is 2.44. The molecule has 1 aliphatic heterocycles. The van der Waals surface area contributed by atoms with E-state index >= 15 is 0 Å². The van der Waals surface area contributed by atoms with E-state index in [0.29, 0.717) is 11.7 Å². The van der Waals surface area contributed by atoms with E-state index in [2.05, 4.69) is 55.4 Å². The molecule has 1 aliphatic rings. The van der Waals surface area contributed by atoms with E-state index < -0.39 is 0 Å². The summed E-state index contributed by atoms with van der Waals surface area (Å²) in [6.45, 7) is 2.63. The summed E-state index contributed by atoms with van der Waals surface area (Å²) in [5.74, 6) is 0.857. The van der Waals surface area contributed by atoms with Crippen molar-refractivity contribution in [3.8, 4) is 5.75 Å². The summed E-state index contributed by atoms with van der Waals surface area (Å²) < 4.78 is 6.67. The topological polar surface area (TPSA) is 37.4 Å². The molecule has 1 N–H and O–H groups in total. The minimum atomic E-state index is -0.0178. The molecule has 7 heteroatoms. The van der Waals surface area contributed by atoms with Crippen molar-refractivity contribution in [2.45, 2.75) is 19.0 Å². The Morgan fingerprint density at radius 3 is 2.63 bits per heavy atom. The van der Waals surface area contributed by atoms with Crippen LogP contribution in [0.15, 0.2) is 64.6 Å². The molecule has 2 atom stereocenters. The van der Waals surface area contributed by atoms with Crippen LogP contribution in [0.3, 0.4) is 0 Å². The lowest BCUT2D eigenvalue weighted by Crippen LogP contribution is -2.29. The molecular weight excluding hydrogens is 442 g/mol. The smallest absolute Gasteiger partial charge is 0.174 e. The van der Waals surface area contributed by atoms with Crippen LogP contribution in [-0.4, -0.2) is 16.7 Å². The third-order valence-corrected chi connectivity index (χ3v) is 6.42. The van der Waals surface area contributed by atoms with Crippen molar-refractivity contribution in [2.24, 2.45) is 0 Å². The zero-order valence-corrected chi connectivity index (χ0v) is 17.9. The first-order chi connectivity index (χ1) is 13.2. The average molecular weight is 460 g/mol. The SMILES string of the molecule is CCOc1ccc(N2C(=S)N[C@H](c3ccccn3)[C@@H]2c2ccc(Br)s2)cc1. The molecule has 27 heavy (non-hydrogen) atoms. The number of nitrogens with one attached hydrogen (secondary N) is 1. The summed E-state index contributed by atoms with van der Waals surface area (Å²) in [6, 6.07) is 18.3. The number of ether oxygens (including phenoxy) is 1. The van der Waals surface area contributed by atoms with E-state index in [9.17, 15) is 0 Å². The van der Waals surface area contributed by atoms with Crippen LogP contribution in [0.25, 0.3) is 0 Å². The van der Waals surface area contributed by atoms with E-state index in [1.165, 1.54) is 4.88 Å². The Balaban J connectivity index is 1.75. The predicted octanol–water partition coefficient (Wildman–Crippen LogP) is 5.48. The molecule has 0 spiro atoms. The van der Waals surface area contributed by atoms with Gasteiger partial charge in [0.15, 0.2) is 5.11 Å². The van der Waals surface area contributed by atoms with Crippen LogP contribution in [0.5, 0.6) is 5.75 Å². The summed E-state index contributed by atoms with van der Waals surface area (Å²) in [6.07, 6.45) is 1.82. The molecule has 0 bridgehead atoms.